The second kappa shape index (κ2) is 7.62. The van der Waals surface area contributed by atoms with Crippen molar-refractivity contribution < 1.29 is 14.3 Å². The lowest BCUT2D eigenvalue weighted by atomic mass is 10.0. The molecule has 3 rings (SSSR count). The SMILES string of the molecule is CC[C@@H](C)NCc1c(O)ccc2c(=O)c(-c3ccc(OC)cc3)coc12. The molecule has 2 N–H and O–H groups in total. The van der Waals surface area contributed by atoms with Crippen LogP contribution in [0, 0.1) is 0 Å². The van der Waals surface area contributed by atoms with Gasteiger partial charge in [0.15, 0.2) is 0 Å². The summed E-state index contributed by atoms with van der Waals surface area (Å²) in [4.78, 5) is 12.9. The Balaban J connectivity index is 2.06. The molecule has 0 spiro atoms. The average Bonchev–Trinajstić information content (AvgIpc) is 2.67. The van der Waals surface area contributed by atoms with Crippen LogP contribution in [0.25, 0.3) is 22.1 Å². The molecule has 26 heavy (non-hydrogen) atoms. The quantitative estimate of drug-likeness (QED) is 0.699. The molecule has 0 bridgehead atoms. The van der Waals surface area contributed by atoms with E-state index in [-0.39, 0.29) is 11.2 Å². The third kappa shape index (κ3) is 3.44. The Hall–Kier alpha value is -2.79. The summed E-state index contributed by atoms with van der Waals surface area (Å²) in [5.74, 6) is 0.843. The van der Waals surface area contributed by atoms with Crippen LogP contribution in [-0.4, -0.2) is 18.3 Å². The summed E-state index contributed by atoms with van der Waals surface area (Å²) in [6.07, 6.45) is 2.43. The number of phenols is 1. The minimum absolute atomic E-state index is 0.119. The molecule has 1 atom stereocenters. The van der Waals surface area contributed by atoms with Gasteiger partial charge in [-0.3, -0.25) is 4.79 Å². The Morgan fingerprint density at radius 2 is 1.92 bits per heavy atom. The summed E-state index contributed by atoms with van der Waals surface area (Å²) in [5.41, 5.74) is 2.13. The van der Waals surface area contributed by atoms with Crippen LogP contribution in [0.15, 0.2) is 51.9 Å². The minimum atomic E-state index is -0.124. The average molecular weight is 353 g/mol. The molecule has 0 aliphatic heterocycles. The molecule has 0 unspecified atom stereocenters. The summed E-state index contributed by atoms with van der Waals surface area (Å²) in [7, 11) is 1.60. The van der Waals surface area contributed by atoms with Crippen molar-refractivity contribution in [2.24, 2.45) is 0 Å². The number of hydrogen-bond donors (Lipinski definition) is 2. The fourth-order valence-electron chi connectivity index (χ4n) is 2.81. The first-order valence-electron chi connectivity index (χ1n) is 8.69. The van der Waals surface area contributed by atoms with Gasteiger partial charge in [0.1, 0.15) is 23.3 Å². The number of methoxy groups -OCH3 is 1. The van der Waals surface area contributed by atoms with Crippen LogP contribution in [0.5, 0.6) is 11.5 Å². The summed E-state index contributed by atoms with van der Waals surface area (Å²) >= 11 is 0. The molecule has 3 aromatic rings. The van der Waals surface area contributed by atoms with Gasteiger partial charge in [0.05, 0.1) is 23.6 Å². The van der Waals surface area contributed by atoms with Gasteiger partial charge in [0.25, 0.3) is 0 Å². The lowest BCUT2D eigenvalue weighted by molar-refractivity contribution is 0.415. The molecule has 1 aromatic heterocycles. The highest BCUT2D eigenvalue weighted by molar-refractivity contribution is 5.85. The van der Waals surface area contributed by atoms with Crippen LogP contribution in [0.2, 0.25) is 0 Å². The monoisotopic (exact) mass is 353 g/mol. The molecule has 1 heterocycles. The summed E-state index contributed by atoms with van der Waals surface area (Å²) in [6.45, 7) is 4.59. The van der Waals surface area contributed by atoms with Crippen molar-refractivity contribution in [3.63, 3.8) is 0 Å². The maximum atomic E-state index is 12.9. The second-order valence-electron chi connectivity index (χ2n) is 6.34. The number of aromatic hydroxyl groups is 1. The van der Waals surface area contributed by atoms with E-state index in [1.807, 2.05) is 12.1 Å². The predicted octanol–water partition coefficient (Wildman–Crippen LogP) is 4.06. The minimum Gasteiger partial charge on any atom is -0.507 e. The highest BCUT2D eigenvalue weighted by Crippen LogP contribution is 2.28. The molecule has 2 aromatic carbocycles. The first-order valence-corrected chi connectivity index (χ1v) is 8.69. The van der Waals surface area contributed by atoms with Gasteiger partial charge in [-0.05, 0) is 43.2 Å². The third-order valence-electron chi connectivity index (χ3n) is 4.66. The van der Waals surface area contributed by atoms with E-state index in [0.717, 1.165) is 17.7 Å². The molecular weight excluding hydrogens is 330 g/mol. The van der Waals surface area contributed by atoms with E-state index in [4.69, 9.17) is 9.15 Å². The van der Waals surface area contributed by atoms with Crippen molar-refractivity contribution in [1.29, 1.82) is 0 Å². The standard InChI is InChI=1S/C21H23NO4/c1-4-13(2)22-11-17-19(23)10-9-16-20(24)18(12-26-21(16)17)14-5-7-15(25-3)8-6-14/h5-10,12-13,22-23H,4,11H2,1-3H3/t13-/m1/s1. The van der Waals surface area contributed by atoms with Gasteiger partial charge in [-0.2, -0.15) is 0 Å². The van der Waals surface area contributed by atoms with E-state index in [1.165, 1.54) is 6.26 Å². The zero-order valence-electron chi connectivity index (χ0n) is 15.2. The number of nitrogens with one attached hydrogen (secondary N) is 1. The van der Waals surface area contributed by atoms with E-state index >= 15 is 0 Å². The van der Waals surface area contributed by atoms with Crippen LogP contribution >= 0.6 is 0 Å². The van der Waals surface area contributed by atoms with Crippen molar-refractivity contribution in [2.75, 3.05) is 7.11 Å². The lowest BCUT2D eigenvalue weighted by Crippen LogP contribution is -2.24. The van der Waals surface area contributed by atoms with E-state index in [1.54, 1.807) is 31.4 Å². The Morgan fingerprint density at radius 1 is 1.19 bits per heavy atom. The van der Waals surface area contributed by atoms with E-state index in [9.17, 15) is 9.90 Å². The highest BCUT2D eigenvalue weighted by atomic mass is 16.5. The zero-order chi connectivity index (χ0) is 18.7. The molecule has 0 radical (unpaired) electrons. The smallest absolute Gasteiger partial charge is 0.200 e. The van der Waals surface area contributed by atoms with Crippen LogP contribution < -0.4 is 15.5 Å². The number of fused-ring (bicyclic) bond motifs is 1. The summed E-state index contributed by atoms with van der Waals surface area (Å²) in [6, 6.07) is 10.7. The molecule has 0 saturated heterocycles. The second-order valence-corrected chi connectivity index (χ2v) is 6.34. The number of ether oxygens (including phenoxy) is 1. The number of phenolic OH excluding ortho intramolecular Hbond substituents is 1. The zero-order valence-corrected chi connectivity index (χ0v) is 15.2. The predicted molar refractivity (Wildman–Crippen MR) is 103 cm³/mol. The maximum absolute atomic E-state index is 12.9. The van der Waals surface area contributed by atoms with Crippen LogP contribution in [-0.2, 0) is 6.54 Å². The first kappa shape index (κ1) is 18.0. The molecule has 5 nitrogen and oxygen atoms in total. The Morgan fingerprint density at radius 3 is 2.58 bits per heavy atom. The molecular formula is C21H23NO4. The van der Waals surface area contributed by atoms with Crippen molar-refractivity contribution >= 4 is 11.0 Å². The number of benzene rings is 2. The molecule has 0 amide bonds. The van der Waals surface area contributed by atoms with Gasteiger partial charge in [0.2, 0.25) is 5.43 Å². The first-order chi connectivity index (χ1) is 12.5. The fraction of sp³-hybridized carbons (Fsp3) is 0.286. The Bertz CT molecular complexity index is 960. The summed E-state index contributed by atoms with van der Waals surface area (Å²) < 4.78 is 10.9. The van der Waals surface area contributed by atoms with E-state index < -0.39 is 0 Å². The largest absolute Gasteiger partial charge is 0.507 e. The fourth-order valence-corrected chi connectivity index (χ4v) is 2.81. The van der Waals surface area contributed by atoms with E-state index in [0.29, 0.717) is 34.7 Å². The molecule has 5 heteroatoms. The van der Waals surface area contributed by atoms with Gasteiger partial charge in [-0.1, -0.05) is 19.1 Å². The third-order valence-corrected chi connectivity index (χ3v) is 4.66. The molecule has 0 aliphatic carbocycles. The van der Waals surface area contributed by atoms with Crippen molar-refractivity contribution in [2.45, 2.75) is 32.9 Å². The van der Waals surface area contributed by atoms with Crippen LogP contribution in [0.3, 0.4) is 0 Å². The summed E-state index contributed by atoms with van der Waals surface area (Å²) in [5, 5.41) is 14.0. The maximum Gasteiger partial charge on any atom is 0.200 e. The van der Waals surface area contributed by atoms with Crippen molar-refractivity contribution in [1.82, 2.24) is 5.32 Å². The van der Waals surface area contributed by atoms with Gasteiger partial charge < -0.3 is 19.6 Å². The highest BCUT2D eigenvalue weighted by Gasteiger charge is 2.15. The van der Waals surface area contributed by atoms with Gasteiger partial charge in [0, 0.05) is 12.6 Å². The van der Waals surface area contributed by atoms with Crippen LogP contribution in [0.4, 0.5) is 0 Å². The molecule has 0 aliphatic rings. The Kier molecular flexibility index (Phi) is 5.28. The van der Waals surface area contributed by atoms with Gasteiger partial charge in [-0.15, -0.1) is 0 Å². The lowest BCUT2D eigenvalue weighted by Gasteiger charge is -2.14. The molecule has 136 valence electrons. The van der Waals surface area contributed by atoms with E-state index in [2.05, 4.69) is 19.2 Å². The van der Waals surface area contributed by atoms with Crippen LogP contribution in [0.1, 0.15) is 25.8 Å². The molecule has 0 saturated carbocycles. The van der Waals surface area contributed by atoms with Gasteiger partial charge >= 0.3 is 0 Å². The normalized spacial score (nSPS) is 12.3. The van der Waals surface area contributed by atoms with Gasteiger partial charge in [-0.25, -0.2) is 0 Å². The topological polar surface area (TPSA) is 71.7 Å². The van der Waals surface area contributed by atoms with Crippen molar-refractivity contribution in [3.05, 3.63) is 58.4 Å². The number of rotatable bonds is 6. The van der Waals surface area contributed by atoms with Crippen molar-refractivity contribution in [3.8, 4) is 22.6 Å². The number of hydrogen-bond acceptors (Lipinski definition) is 5. The Labute approximate surface area is 152 Å². The molecule has 0 fully saturated rings.